The van der Waals surface area contributed by atoms with Crippen LogP contribution >= 0.6 is 10.6 Å². The Labute approximate surface area is 288 Å². The minimum atomic E-state index is -5.73. The van der Waals surface area contributed by atoms with Crippen molar-refractivity contribution in [1.29, 1.82) is 0 Å². The highest BCUT2D eigenvalue weighted by Gasteiger charge is 2.70. The lowest BCUT2D eigenvalue weighted by atomic mass is 9.33. The van der Waals surface area contributed by atoms with E-state index in [9.17, 15) is 30.7 Å². The largest absolute Gasteiger partial charge is 0.534 e. The molecule has 6 rings (SSSR count). The van der Waals surface area contributed by atoms with Gasteiger partial charge in [0.05, 0.1) is 11.5 Å². The third kappa shape index (κ3) is 5.64. The van der Waals surface area contributed by atoms with Gasteiger partial charge in [-0.1, -0.05) is 46.8 Å². The minimum absolute atomic E-state index is 0.00358. The Morgan fingerprint density at radius 3 is 2.29 bits per heavy atom. The van der Waals surface area contributed by atoms with Gasteiger partial charge in [0.25, 0.3) is 0 Å². The molecule has 9 atom stereocenters. The number of rotatable bonds is 7. The van der Waals surface area contributed by atoms with Crippen LogP contribution in [0.15, 0.2) is 24.0 Å². The standard InChI is InChI=1S/C36H59F3N2O5S2/c1-24(2)25-10-15-35(40-18-19-41-20-22-47(42,43)23-21-41)17-16-33(6)26(30(25)35)8-9-28-32(5)13-12-29(46-48(44,45)36(37,38)39)31(3,4)27(32)11-14-34(28,33)7/h12,25-28,30,40,42-43H,1,8-11,13-23H2,2-7H3/t25-,26+,27-,28+,30+,32-,33+,34+,35-/m0/s1. The summed E-state index contributed by atoms with van der Waals surface area (Å²) in [7, 11) is -8.14. The topological polar surface area (TPSA) is 99.1 Å². The molecule has 0 unspecified atom stereocenters. The van der Waals surface area contributed by atoms with Crippen LogP contribution in [0.25, 0.3) is 0 Å². The molecule has 1 heterocycles. The summed E-state index contributed by atoms with van der Waals surface area (Å²) in [5.41, 5.74) is -5.04. The van der Waals surface area contributed by atoms with Crippen LogP contribution in [0.3, 0.4) is 0 Å². The number of alkyl halides is 3. The molecule has 6 aliphatic rings. The van der Waals surface area contributed by atoms with Gasteiger partial charge in [-0.3, -0.25) is 14.0 Å². The second-order valence-corrected chi connectivity index (χ2v) is 21.8. The van der Waals surface area contributed by atoms with E-state index in [1.165, 1.54) is 5.57 Å². The molecule has 0 aromatic heterocycles. The molecule has 0 spiro atoms. The molecule has 276 valence electrons. The molecule has 0 aromatic rings. The summed E-state index contributed by atoms with van der Waals surface area (Å²) in [6.45, 7) is 21.1. The van der Waals surface area contributed by atoms with Crippen molar-refractivity contribution in [2.45, 2.75) is 110 Å². The Hall–Kier alpha value is -0.790. The molecule has 3 N–H and O–H groups in total. The van der Waals surface area contributed by atoms with E-state index < -0.39 is 31.6 Å². The monoisotopic (exact) mass is 720 g/mol. The first-order chi connectivity index (χ1) is 22.0. The minimum Gasteiger partial charge on any atom is -0.380 e. The molecule has 1 saturated heterocycles. The van der Waals surface area contributed by atoms with Crippen molar-refractivity contribution in [1.82, 2.24) is 10.2 Å². The van der Waals surface area contributed by atoms with Gasteiger partial charge in [0, 0.05) is 37.1 Å². The number of fused-ring (bicyclic) bond motifs is 7. The van der Waals surface area contributed by atoms with Gasteiger partial charge < -0.3 is 9.50 Å². The summed E-state index contributed by atoms with van der Waals surface area (Å²) in [4.78, 5) is 2.36. The molecule has 0 amide bonds. The fourth-order valence-corrected chi connectivity index (χ4v) is 14.7. The van der Waals surface area contributed by atoms with Crippen molar-refractivity contribution in [2.24, 2.45) is 51.2 Å². The van der Waals surface area contributed by atoms with E-state index in [1.54, 1.807) is 6.08 Å². The van der Waals surface area contributed by atoms with Crippen LogP contribution < -0.4 is 5.32 Å². The lowest BCUT2D eigenvalue weighted by Crippen LogP contribution is -2.68. The van der Waals surface area contributed by atoms with Gasteiger partial charge in [0.2, 0.25) is 0 Å². The Bertz CT molecular complexity index is 1420. The van der Waals surface area contributed by atoms with Crippen molar-refractivity contribution in [3.05, 3.63) is 24.0 Å². The number of allylic oxidation sites excluding steroid dienone is 3. The first-order valence-electron chi connectivity index (χ1n) is 18.1. The number of nitrogens with zero attached hydrogens (tertiary/aromatic N) is 1. The van der Waals surface area contributed by atoms with Gasteiger partial charge in [-0.25, -0.2) is 0 Å². The summed E-state index contributed by atoms with van der Waals surface area (Å²) < 4.78 is 89.1. The molecule has 7 nitrogen and oxygen atoms in total. The van der Waals surface area contributed by atoms with E-state index in [2.05, 4.69) is 44.5 Å². The smallest absolute Gasteiger partial charge is 0.380 e. The fraction of sp³-hybridized carbons (Fsp3) is 0.889. The lowest BCUT2D eigenvalue weighted by Gasteiger charge is -2.72. The molecular weight excluding hydrogens is 662 g/mol. The second-order valence-electron chi connectivity index (χ2n) is 17.8. The Balaban J connectivity index is 1.25. The Kier molecular flexibility index (Phi) is 9.14. The highest BCUT2D eigenvalue weighted by Crippen LogP contribution is 2.76. The van der Waals surface area contributed by atoms with E-state index in [0.29, 0.717) is 41.6 Å². The SMILES string of the molecule is C=C(C)[C@@H]1CC[C@]2(NCCN3CCS(O)(O)CC3)CC[C@]3(C)[C@H](CC[C@@H]4[C@@]5(C)CC=C(OS(=O)(=O)C(F)(F)F)C(C)(C)[C@@H]5CC[C@]43C)[C@@H]12. The van der Waals surface area contributed by atoms with Crippen LogP contribution in [-0.2, 0) is 14.3 Å². The number of hydrogen-bond acceptors (Lipinski definition) is 7. The predicted molar refractivity (Wildman–Crippen MR) is 186 cm³/mol. The van der Waals surface area contributed by atoms with E-state index in [-0.39, 0.29) is 33.5 Å². The first-order valence-corrected chi connectivity index (χ1v) is 21.4. The maximum Gasteiger partial charge on any atom is 0.534 e. The van der Waals surface area contributed by atoms with Crippen LogP contribution in [0, 0.1) is 51.2 Å². The number of halogens is 3. The summed E-state index contributed by atoms with van der Waals surface area (Å²) >= 11 is 0. The molecule has 0 bridgehead atoms. The average molecular weight is 721 g/mol. The van der Waals surface area contributed by atoms with E-state index in [1.807, 2.05) is 13.8 Å². The fourth-order valence-electron chi connectivity index (χ4n) is 12.8. The molecular formula is C36H59F3N2O5S2. The molecule has 0 aromatic carbocycles. The third-order valence-corrected chi connectivity index (χ3v) is 18.1. The molecule has 4 saturated carbocycles. The molecule has 5 aliphatic carbocycles. The van der Waals surface area contributed by atoms with Crippen LogP contribution in [0.5, 0.6) is 0 Å². The molecule has 0 radical (unpaired) electrons. The normalized spacial score (nSPS) is 44.7. The third-order valence-electron chi connectivity index (χ3n) is 15.4. The van der Waals surface area contributed by atoms with Gasteiger partial charge in [-0.05, 0) is 117 Å². The highest BCUT2D eigenvalue weighted by atomic mass is 32.3. The molecule has 5 fully saturated rings. The van der Waals surface area contributed by atoms with Gasteiger partial charge >= 0.3 is 15.6 Å². The maximum atomic E-state index is 13.3. The van der Waals surface area contributed by atoms with Gasteiger partial charge in [-0.2, -0.15) is 32.2 Å². The quantitative estimate of drug-likeness (QED) is 0.138. The number of nitrogens with one attached hydrogen (secondary N) is 1. The van der Waals surface area contributed by atoms with Gasteiger partial charge in [0.1, 0.15) is 5.76 Å². The van der Waals surface area contributed by atoms with Crippen molar-refractivity contribution >= 4 is 20.7 Å². The lowest BCUT2D eigenvalue weighted by molar-refractivity contribution is -0.223. The van der Waals surface area contributed by atoms with Crippen molar-refractivity contribution in [3.8, 4) is 0 Å². The van der Waals surface area contributed by atoms with E-state index >= 15 is 0 Å². The highest BCUT2D eigenvalue weighted by molar-refractivity contribution is 8.24. The van der Waals surface area contributed by atoms with E-state index in [4.69, 9.17) is 4.18 Å². The zero-order valence-electron chi connectivity index (χ0n) is 29.8. The van der Waals surface area contributed by atoms with Crippen LogP contribution in [-0.4, -0.2) is 71.2 Å². The second kappa shape index (κ2) is 11.9. The molecule has 12 heteroatoms. The number of hydrogen-bond donors (Lipinski definition) is 3. The van der Waals surface area contributed by atoms with Crippen LogP contribution in [0.1, 0.15) is 99.3 Å². The summed E-state index contributed by atoms with van der Waals surface area (Å²) in [5.74, 6) is 2.70. The molecule has 1 aliphatic heterocycles. The summed E-state index contributed by atoms with van der Waals surface area (Å²) in [6, 6.07) is 0. The maximum absolute atomic E-state index is 13.3. The van der Waals surface area contributed by atoms with E-state index in [0.717, 1.165) is 77.5 Å². The first kappa shape index (κ1) is 37.0. The Morgan fingerprint density at radius 1 is 1.00 bits per heavy atom. The van der Waals surface area contributed by atoms with Crippen LogP contribution in [0.2, 0.25) is 0 Å². The van der Waals surface area contributed by atoms with Gasteiger partial charge in [-0.15, -0.1) is 0 Å². The molecule has 48 heavy (non-hydrogen) atoms. The van der Waals surface area contributed by atoms with Crippen molar-refractivity contribution < 1.29 is 34.9 Å². The van der Waals surface area contributed by atoms with Gasteiger partial charge in [0.15, 0.2) is 0 Å². The average Bonchev–Trinajstić information content (AvgIpc) is 3.35. The van der Waals surface area contributed by atoms with Crippen molar-refractivity contribution in [2.75, 3.05) is 37.7 Å². The van der Waals surface area contributed by atoms with Crippen LogP contribution in [0.4, 0.5) is 13.2 Å². The zero-order chi connectivity index (χ0) is 35.3. The summed E-state index contributed by atoms with van der Waals surface area (Å²) in [5, 5.41) is 4.13. The zero-order valence-corrected chi connectivity index (χ0v) is 31.4. The summed E-state index contributed by atoms with van der Waals surface area (Å²) in [6.07, 6.45) is 10.6. The Morgan fingerprint density at radius 2 is 1.67 bits per heavy atom. The predicted octanol–water partition coefficient (Wildman–Crippen LogP) is 8.41. The van der Waals surface area contributed by atoms with Crippen molar-refractivity contribution in [3.63, 3.8) is 0 Å².